The highest BCUT2D eigenvalue weighted by atomic mass is 35.5. The van der Waals surface area contributed by atoms with E-state index in [-0.39, 0.29) is 24.2 Å². The molecule has 1 aromatic carbocycles. The lowest BCUT2D eigenvalue weighted by molar-refractivity contribution is -0.138. The summed E-state index contributed by atoms with van der Waals surface area (Å²) in [5.41, 5.74) is 5.93. The summed E-state index contributed by atoms with van der Waals surface area (Å²) in [7, 11) is -3.51. The molecule has 152 valence electrons. The van der Waals surface area contributed by atoms with Crippen molar-refractivity contribution < 1.29 is 13.2 Å². The lowest BCUT2D eigenvalue weighted by Gasteiger charge is -2.39. The average molecular weight is 416 g/mol. The summed E-state index contributed by atoms with van der Waals surface area (Å²) in [5, 5.41) is 0. The van der Waals surface area contributed by atoms with Gasteiger partial charge in [0.2, 0.25) is 15.9 Å². The van der Waals surface area contributed by atoms with Crippen LogP contribution in [0.15, 0.2) is 35.2 Å². The van der Waals surface area contributed by atoms with Crippen molar-refractivity contribution in [2.45, 2.75) is 49.5 Å². The second-order valence-corrected chi connectivity index (χ2v) is 9.64. The second kappa shape index (κ2) is 8.90. The zero-order chi connectivity index (χ0) is 18.8. The highest BCUT2D eigenvalue weighted by Crippen LogP contribution is 2.33. The zero-order valence-electron chi connectivity index (χ0n) is 15.8. The number of hydrogen-bond donors (Lipinski definition) is 1. The average Bonchev–Trinajstić information content (AvgIpc) is 2.88. The first-order chi connectivity index (χ1) is 12.3. The van der Waals surface area contributed by atoms with Crippen LogP contribution in [-0.2, 0) is 14.8 Å². The largest absolute Gasteiger partial charge is 0.341 e. The minimum Gasteiger partial charge on any atom is -0.341 e. The van der Waals surface area contributed by atoms with Crippen molar-refractivity contribution in [3.8, 4) is 0 Å². The van der Waals surface area contributed by atoms with Gasteiger partial charge in [0.1, 0.15) is 0 Å². The molecule has 27 heavy (non-hydrogen) atoms. The van der Waals surface area contributed by atoms with E-state index in [1.165, 1.54) is 4.31 Å². The minimum atomic E-state index is -3.51. The van der Waals surface area contributed by atoms with Crippen LogP contribution in [0.5, 0.6) is 0 Å². The molecule has 0 radical (unpaired) electrons. The van der Waals surface area contributed by atoms with Gasteiger partial charge in [-0.25, -0.2) is 8.42 Å². The zero-order valence-corrected chi connectivity index (χ0v) is 17.5. The number of nitrogens with two attached hydrogens (primary N) is 1. The molecular weight excluding hydrogens is 386 g/mol. The van der Waals surface area contributed by atoms with Gasteiger partial charge in [-0.15, -0.1) is 12.4 Å². The first-order valence-electron chi connectivity index (χ1n) is 9.45. The highest BCUT2D eigenvalue weighted by molar-refractivity contribution is 7.89. The van der Waals surface area contributed by atoms with Crippen LogP contribution in [0.3, 0.4) is 0 Å². The van der Waals surface area contributed by atoms with Crippen LogP contribution in [-0.4, -0.2) is 55.2 Å². The van der Waals surface area contributed by atoms with Crippen LogP contribution in [0.4, 0.5) is 0 Å². The quantitative estimate of drug-likeness (QED) is 0.820. The van der Waals surface area contributed by atoms with E-state index < -0.39 is 15.6 Å². The van der Waals surface area contributed by atoms with Gasteiger partial charge < -0.3 is 10.6 Å². The summed E-state index contributed by atoms with van der Waals surface area (Å²) < 4.78 is 27.1. The number of carbonyl (C=O) groups is 1. The second-order valence-electron chi connectivity index (χ2n) is 7.70. The maximum absolute atomic E-state index is 13.0. The van der Waals surface area contributed by atoms with Crippen LogP contribution < -0.4 is 5.73 Å². The summed E-state index contributed by atoms with van der Waals surface area (Å²) in [4.78, 5) is 15.2. The molecule has 0 spiro atoms. The Bertz CT molecular complexity index is 740. The van der Waals surface area contributed by atoms with Crippen LogP contribution in [0.1, 0.15) is 39.0 Å². The van der Waals surface area contributed by atoms with E-state index in [0.717, 1.165) is 25.7 Å². The van der Waals surface area contributed by atoms with E-state index in [1.54, 1.807) is 30.3 Å². The van der Waals surface area contributed by atoms with Crippen LogP contribution in [0, 0.1) is 5.92 Å². The summed E-state index contributed by atoms with van der Waals surface area (Å²) in [6.45, 7) is 3.75. The Balaban J connectivity index is 0.00000261. The molecule has 1 amide bonds. The van der Waals surface area contributed by atoms with E-state index in [0.29, 0.717) is 37.5 Å². The van der Waals surface area contributed by atoms with Gasteiger partial charge in [0.25, 0.3) is 0 Å². The first-order valence-corrected chi connectivity index (χ1v) is 10.9. The van der Waals surface area contributed by atoms with Gasteiger partial charge in [-0.2, -0.15) is 4.31 Å². The van der Waals surface area contributed by atoms with Crippen molar-refractivity contribution in [1.82, 2.24) is 9.21 Å². The third-order valence-corrected chi connectivity index (χ3v) is 7.61. The fourth-order valence-corrected chi connectivity index (χ4v) is 5.57. The Hall–Kier alpha value is -1.15. The molecule has 1 aliphatic carbocycles. The number of amides is 1. The van der Waals surface area contributed by atoms with Gasteiger partial charge >= 0.3 is 0 Å². The first kappa shape index (κ1) is 22.1. The Kier molecular flexibility index (Phi) is 7.30. The molecule has 2 unspecified atom stereocenters. The molecule has 0 aromatic heterocycles. The molecule has 2 atom stereocenters. The third-order valence-electron chi connectivity index (χ3n) is 5.70. The summed E-state index contributed by atoms with van der Waals surface area (Å²) in [6, 6.07) is 8.49. The van der Waals surface area contributed by atoms with Gasteiger partial charge in [0.15, 0.2) is 0 Å². The summed E-state index contributed by atoms with van der Waals surface area (Å²) in [6.07, 6.45) is 4.44. The normalized spacial score (nSPS) is 27.5. The molecule has 1 aliphatic heterocycles. The number of sulfonamides is 1. The summed E-state index contributed by atoms with van der Waals surface area (Å²) >= 11 is 0. The Morgan fingerprint density at radius 3 is 2.44 bits per heavy atom. The molecule has 1 heterocycles. The number of benzene rings is 1. The van der Waals surface area contributed by atoms with Crippen LogP contribution >= 0.6 is 12.4 Å². The van der Waals surface area contributed by atoms with Gasteiger partial charge in [-0.3, -0.25) is 4.79 Å². The van der Waals surface area contributed by atoms with Crippen LogP contribution in [0.25, 0.3) is 0 Å². The molecule has 1 saturated carbocycles. The van der Waals surface area contributed by atoms with E-state index >= 15 is 0 Å². The third kappa shape index (κ3) is 4.83. The van der Waals surface area contributed by atoms with E-state index in [4.69, 9.17) is 5.73 Å². The fraction of sp³-hybridized carbons (Fsp3) is 0.632. The lowest BCUT2D eigenvalue weighted by atomic mass is 9.74. The van der Waals surface area contributed by atoms with Gasteiger partial charge in [0, 0.05) is 31.7 Å². The number of nitrogens with zero attached hydrogens (tertiary/aromatic N) is 2. The van der Waals surface area contributed by atoms with Crippen LogP contribution in [0.2, 0.25) is 0 Å². The predicted molar refractivity (Wildman–Crippen MR) is 108 cm³/mol. The Morgan fingerprint density at radius 2 is 1.78 bits per heavy atom. The molecule has 1 saturated heterocycles. The van der Waals surface area contributed by atoms with Gasteiger partial charge in [-0.05, 0) is 38.3 Å². The molecule has 0 bridgehead atoms. The molecular formula is C19H30ClN3O3S. The van der Waals surface area contributed by atoms with Crippen molar-refractivity contribution in [2.24, 2.45) is 11.7 Å². The Morgan fingerprint density at radius 1 is 1.07 bits per heavy atom. The SMILES string of the molecule is CC1(N)CCCCC1C(=O)N1CCCN(S(=O)(=O)c2ccccc2)CC1.Cl. The molecule has 2 fully saturated rings. The molecule has 3 rings (SSSR count). The van der Waals surface area contributed by atoms with Crippen molar-refractivity contribution in [2.75, 3.05) is 26.2 Å². The van der Waals surface area contributed by atoms with E-state index in [2.05, 4.69) is 0 Å². The van der Waals surface area contributed by atoms with Crippen molar-refractivity contribution >= 4 is 28.3 Å². The molecule has 2 aliphatic rings. The minimum absolute atomic E-state index is 0. The maximum atomic E-state index is 13.0. The van der Waals surface area contributed by atoms with Crippen molar-refractivity contribution in [1.29, 1.82) is 0 Å². The summed E-state index contributed by atoms with van der Waals surface area (Å²) in [5.74, 6) is -0.0674. The standard InChI is InChI=1S/C19H29N3O3S.ClH/c1-19(20)11-6-5-10-17(19)18(23)21-12-7-13-22(15-14-21)26(24,25)16-8-3-2-4-9-16;/h2-4,8-9,17H,5-7,10-15,20H2,1H3;1H. The molecule has 8 heteroatoms. The van der Waals surface area contributed by atoms with E-state index in [9.17, 15) is 13.2 Å². The lowest BCUT2D eigenvalue weighted by Crippen LogP contribution is -2.54. The Labute approximate surface area is 168 Å². The number of carbonyl (C=O) groups excluding carboxylic acids is 1. The monoisotopic (exact) mass is 415 g/mol. The smallest absolute Gasteiger partial charge is 0.243 e. The maximum Gasteiger partial charge on any atom is 0.243 e. The number of hydrogen-bond acceptors (Lipinski definition) is 4. The van der Waals surface area contributed by atoms with E-state index in [1.807, 2.05) is 11.8 Å². The van der Waals surface area contributed by atoms with Gasteiger partial charge in [0.05, 0.1) is 10.8 Å². The topological polar surface area (TPSA) is 83.7 Å². The fourth-order valence-electron chi connectivity index (χ4n) is 4.08. The molecule has 6 nitrogen and oxygen atoms in total. The van der Waals surface area contributed by atoms with Crippen molar-refractivity contribution in [3.05, 3.63) is 30.3 Å². The molecule has 1 aromatic rings. The van der Waals surface area contributed by atoms with Gasteiger partial charge in [-0.1, -0.05) is 31.0 Å². The highest BCUT2D eigenvalue weighted by Gasteiger charge is 2.40. The number of rotatable bonds is 3. The van der Waals surface area contributed by atoms with Crippen molar-refractivity contribution in [3.63, 3.8) is 0 Å². The number of halogens is 1. The molecule has 2 N–H and O–H groups in total. The predicted octanol–water partition coefficient (Wildman–Crippen LogP) is 2.24.